The quantitative estimate of drug-likeness (QED) is 0.463. The molecule has 170 valence electrons. The van der Waals surface area contributed by atoms with Crippen molar-refractivity contribution in [2.75, 3.05) is 19.0 Å². The van der Waals surface area contributed by atoms with Gasteiger partial charge in [0.1, 0.15) is 11.5 Å². The summed E-state index contributed by atoms with van der Waals surface area (Å²) in [6, 6.07) is 0. The molecule has 2 spiro atoms. The number of Topliss-reactive ketones (excluding diaryl/α,β-unsaturated/α-hetero) is 1. The maximum absolute atomic E-state index is 13.7. The van der Waals surface area contributed by atoms with Crippen LogP contribution in [0.3, 0.4) is 0 Å². The van der Waals surface area contributed by atoms with Crippen LogP contribution in [0.4, 0.5) is 5.13 Å². The molecule has 3 saturated carbocycles. The minimum absolute atomic E-state index is 0. The molecule has 0 unspecified atom stereocenters. The highest BCUT2D eigenvalue weighted by Crippen LogP contribution is 2.75. The Kier molecular flexibility index (Phi) is 4.29. The molecule has 8 atom stereocenters. The van der Waals surface area contributed by atoms with E-state index in [1.165, 1.54) is 0 Å². The van der Waals surface area contributed by atoms with Crippen molar-refractivity contribution >= 4 is 34.7 Å². The molecule has 0 aromatic carbocycles. The molecule has 2 saturated heterocycles. The second kappa shape index (κ2) is 6.10. The lowest BCUT2D eigenvalue weighted by Gasteiger charge is -2.73. The molecule has 9 heteroatoms. The van der Waals surface area contributed by atoms with Crippen LogP contribution in [0.5, 0.6) is 0 Å². The number of nitrogens with zero attached hydrogens (tertiary/aromatic N) is 1. The van der Waals surface area contributed by atoms with Gasteiger partial charge in [-0.15, -0.1) is 23.7 Å². The number of rotatable bonds is 1. The molecule has 4 N–H and O–H groups in total. The number of halogens is 1. The molecule has 7 rings (SSSR count). The van der Waals surface area contributed by atoms with Gasteiger partial charge >= 0.3 is 0 Å². The Hall–Kier alpha value is -1.03. The van der Waals surface area contributed by atoms with Crippen molar-refractivity contribution < 1.29 is 24.9 Å². The van der Waals surface area contributed by atoms with Gasteiger partial charge in [-0.25, -0.2) is 4.98 Å². The van der Waals surface area contributed by atoms with Crippen molar-refractivity contribution in [1.29, 1.82) is 0 Å². The molecule has 6 aliphatic rings. The van der Waals surface area contributed by atoms with Gasteiger partial charge in [-0.1, -0.05) is 20.4 Å². The van der Waals surface area contributed by atoms with Crippen LogP contribution >= 0.6 is 23.7 Å². The lowest BCUT2D eigenvalue weighted by Crippen LogP contribution is -2.85. The molecule has 4 bridgehead atoms. The highest BCUT2D eigenvalue weighted by molar-refractivity contribution is 7.15. The lowest BCUT2D eigenvalue weighted by molar-refractivity contribution is -0.429. The smallest absolute Gasteiger partial charge is 0.208 e. The third-order valence-electron chi connectivity index (χ3n) is 9.11. The SMILES string of the molecule is C=C1C(=O)[C@]23[C@H](O)[C@H]1CC[C@H]2[C@@]12CO[C@]3(O)[C@@H](O)[C@@H]1C(C)(C)Cc1sc(NC)nc12.Cl. The maximum atomic E-state index is 13.7. The number of carbonyl (C=O) groups excluding carboxylic acids is 1. The fourth-order valence-electron chi connectivity index (χ4n) is 8.20. The zero-order valence-electron chi connectivity index (χ0n) is 17.8. The molecular formula is C22H29ClN2O5S. The molecule has 2 aliphatic heterocycles. The van der Waals surface area contributed by atoms with Crippen LogP contribution < -0.4 is 5.32 Å². The van der Waals surface area contributed by atoms with Crippen LogP contribution in [0, 0.1) is 28.6 Å². The molecule has 5 fully saturated rings. The standard InChI is InChI=1S/C22H28N2O5S.ClH/c1-9-10-5-6-12-20-8-29-22(28,21(12,15(9)25)16(10)26)17(27)13(20)19(2,3)7-11-14(20)24-18(23-4)30-11;/h10,12-13,16-17,26-28H,1,5-8H2,2-4H3,(H,23,24);1H/t10-,12-,13+,16+,17-,20-,21-,22+;/m0./s1. The summed E-state index contributed by atoms with van der Waals surface area (Å²) in [4.78, 5) is 19.7. The average Bonchev–Trinajstić information content (AvgIpc) is 3.14. The van der Waals surface area contributed by atoms with E-state index in [4.69, 9.17) is 9.72 Å². The van der Waals surface area contributed by atoms with Crippen LogP contribution in [0.2, 0.25) is 0 Å². The molecule has 31 heavy (non-hydrogen) atoms. The first kappa shape index (κ1) is 21.8. The van der Waals surface area contributed by atoms with Crippen LogP contribution in [0.15, 0.2) is 12.2 Å². The van der Waals surface area contributed by atoms with Crippen LogP contribution in [-0.2, 0) is 21.4 Å². The number of aliphatic hydroxyl groups excluding tert-OH is 2. The molecule has 1 aromatic rings. The second-order valence-electron chi connectivity index (χ2n) is 10.6. The van der Waals surface area contributed by atoms with E-state index >= 15 is 0 Å². The summed E-state index contributed by atoms with van der Waals surface area (Å²) in [6.45, 7) is 8.36. The van der Waals surface area contributed by atoms with E-state index in [9.17, 15) is 20.1 Å². The van der Waals surface area contributed by atoms with Gasteiger partial charge in [-0.2, -0.15) is 0 Å². The van der Waals surface area contributed by atoms with Gasteiger partial charge in [-0.05, 0) is 36.2 Å². The molecule has 7 nitrogen and oxygen atoms in total. The van der Waals surface area contributed by atoms with Crippen molar-refractivity contribution in [3.8, 4) is 0 Å². The minimum atomic E-state index is -2.13. The van der Waals surface area contributed by atoms with Crippen LogP contribution in [0.25, 0.3) is 0 Å². The Bertz CT molecular complexity index is 1010. The van der Waals surface area contributed by atoms with Crippen molar-refractivity contribution in [2.24, 2.45) is 28.6 Å². The van der Waals surface area contributed by atoms with Crippen molar-refractivity contribution in [3.63, 3.8) is 0 Å². The van der Waals surface area contributed by atoms with Gasteiger partial charge in [0.2, 0.25) is 5.79 Å². The predicted molar refractivity (Wildman–Crippen MR) is 117 cm³/mol. The number of hydrogen-bond acceptors (Lipinski definition) is 8. The number of nitrogens with one attached hydrogen (secondary N) is 1. The number of hydrogen-bond donors (Lipinski definition) is 4. The zero-order chi connectivity index (χ0) is 21.4. The summed E-state index contributed by atoms with van der Waals surface area (Å²) in [5, 5.41) is 38.8. The molecule has 0 amide bonds. The highest BCUT2D eigenvalue weighted by atomic mass is 35.5. The van der Waals surface area contributed by atoms with E-state index in [1.807, 2.05) is 7.05 Å². The summed E-state index contributed by atoms with van der Waals surface area (Å²) < 4.78 is 6.04. The van der Waals surface area contributed by atoms with E-state index in [1.54, 1.807) is 11.3 Å². The molecule has 1 aromatic heterocycles. The first-order valence-electron chi connectivity index (χ1n) is 10.7. The van der Waals surface area contributed by atoms with E-state index in [2.05, 4.69) is 25.7 Å². The Labute approximate surface area is 191 Å². The molecule has 4 aliphatic carbocycles. The maximum Gasteiger partial charge on any atom is 0.208 e. The predicted octanol–water partition coefficient (Wildman–Crippen LogP) is 1.65. The molecular weight excluding hydrogens is 440 g/mol. The van der Waals surface area contributed by atoms with Crippen molar-refractivity contribution in [3.05, 3.63) is 22.7 Å². The summed E-state index contributed by atoms with van der Waals surface area (Å²) in [6.07, 6.45) is -0.410. The minimum Gasteiger partial charge on any atom is -0.391 e. The zero-order valence-corrected chi connectivity index (χ0v) is 19.5. The third kappa shape index (κ3) is 1.99. The average molecular weight is 469 g/mol. The summed E-state index contributed by atoms with van der Waals surface area (Å²) in [7, 11) is 1.83. The summed E-state index contributed by atoms with van der Waals surface area (Å²) in [5.41, 5.74) is -1.49. The van der Waals surface area contributed by atoms with E-state index < -0.39 is 34.7 Å². The first-order chi connectivity index (χ1) is 14.1. The molecule has 3 heterocycles. The second-order valence-corrected chi connectivity index (χ2v) is 11.6. The van der Waals surface area contributed by atoms with E-state index in [0.29, 0.717) is 18.4 Å². The Morgan fingerprint density at radius 2 is 1.97 bits per heavy atom. The first-order valence-corrected chi connectivity index (χ1v) is 11.5. The van der Waals surface area contributed by atoms with E-state index in [-0.39, 0.29) is 42.0 Å². The highest BCUT2D eigenvalue weighted by Gasteiger charge is 2.86. The number of thiazole rings is 1. The number of aromatic nitrogens is 1. The fraction of sp³-hybridized carbons (Fsp3) is 0.727. The topological polar surface area (TPSA) is 112 Å². The Morgan fingerprint density at radius 1 is 1.26 bits per heavy atom. The van der Waals surface area contributed by atoms with Gasteiger partial charge in [0.05, 0.1) is 18.4 Å². The number of aliphatic hydroxyl groups is 3. The summed E-state index contributed by atoms with van der Waals surface area (Å²) >= 11 is 1.60. The van der Waals surface area contributed by atoms with Gasteiger partial charge in [0.25, 0.3) is 0 Å². The fourth-order valence-corrected chi connectivity index (χ4v) is 9.45. The normalized spacial score (nSPS) is 48.5. The van der Waals surface area contributed by atoms with Crippen molar-refractivity contribution in [1.82, 2.24) is 4.98 Å². The lowest BCUT2D eigenvalue weighted by atomic mass is 9.36. The van der Waals surface area contributed by atoms with Gasteiger partial charge < -0.3 is 25.4 Å². The van der Waals surface area contributed by atoms with Gasteiger partial charge in [-0.3, -0.25) is 4.79 Å². The van der Waals surface area contributed by atoms with Crippen LogP contribution in [0.1, 0.15) is 37.3 Å². The van der Waals surface area contributed by atoms with Gasteiger partial charge in [0.15, 0.2) is 10.9 Å². The molecule has 0 radical (unpaired) electrons. The Morgan fingerprint density at radius 3 is 2.65 bits per heavy atom. The monoisotopic (exact) mass is 468 g/mol. The number of carbonyl (C=O) groups is 1. The Balaban J connectivity index is 0.00000204. The number of ether oxygens (including phenoxy) is 1. The van der Waals surface area contributed by atoms with Crippen molar-refractivity contribution in [2.45, 2.75) is 56.5 Å². The van der Waals surface area contributed by atoms with Gasteiger partial charge in [0, 0.05) is 29.2 Å². The number of ketones is 1. The number of fused-ring (bicyclic) bond motifs is 3. The third-order valence-corrected chi connectivity index (χ3v) is 10.2. The van der Waals surface area contributed by atoms with E-state index in [0.717, 1.165) is 22.1 Å². The largest absolute Gasteiger partial charge is 0.391 e. The summed E-state index contributed by atoms with van der Waals surface area (Å²) in [5.74, 6) is -3.60. The van der Waals surface area contributed by atoms with Crippen LogP contribution in [-0.4, -0.2) is 57.7 Å². The number of anilines is 1.